The number of piperidine rings is 1. The molecule has 3 heterocycles. The van der Waals surface area contributed by atoms with Gasteiger partial charge in [-0.15, -0.1) is 0 Å². The van der Waals surface area contributed by atoms with E-state index in [0.717, 1.165) is 18.5 Å². The fraction of sp³-hybridized carbons (Fsp3) is 0.385. The Bertz CT molecular complexity index is 1180. The van der Waals surface area contributed by atoms with Crippen molar-refractivity contribution < 1.29 is 14.1 Å². The number of para-hydroxylation sites is 1. The number of hydrogen-bond acceptors (Lipinski definition) is 5. The first-order valence-corrected chi connectivity index (χ1v) is 13.0. The number of aromatic nitrogens is 1. The Morgan fingerprint density at radius 1 is 1.00 bits per heavy atom. The third-order valence-electron chi connectivity index (χ3n) is 6.84. The van der Waals surface area contributed by atoms with Gasteiger partial charge in [0.25, 0.3) is 5.91 Å². The molecule has 2 aliphatic rings. The van der Waals surface area contributed by atoms with E-state index in [9.17, 15) is 14.1 Å². The van der Waals surface area contributed by atoms with Crippen molar-refractivity contribution in [2.24, 2.45) is 0 Å². The van der Waals surface area contributed by atoms with Crippen LogP contribution in [0.5, 0.6) is 0 Å². The molecule has 7 nitrogen and oxygen atoms in total. The van der Waals surface area contributed by atoms with Crippen LogP contribution in [0, 0.1) is 0 Å². The highest BCUT2D eigenvalue weighted by molar-refractivity contribution is 7.86. The van der Waals surface area contributed by atoms with Crippen LogP contribution in [0.2, 0.25) is 0 Å². The van der Waals surface area contributed by atoms with Gasteiger partial charge >= 0.3 is 0 Å². The molecule has 0 bridgehead atoms. The SMILES string of the molecule is O=C(c1ccc(NS(=O)c2cccc3cccnc23)cc1)N1CCC(O)(CN2CCCC2)CC1. The summed E-state index contributed by atoms with van der Waals surface area (Å²) in [6.45, 7) is 3.95. The monoisotopic (exact) mass is 478 g/mol. The zero-order valence-corrected chi connectivity index (χ0v) is 20.0. The summed E-state index contributed by atoms with van der Waals surface area (Å²) in [4.78, 5) is 22.1. The lowest BCUT2D eigenvalue weighted by molar-refractivity contribution is -0.0367. The first-order valence-electron chi connectivity index (χ1n) is 11.9. The van der Waals surface area contributed by atoms with Gasteiger partial charge in [-0.2, -0.15) is 0 Å². The second-order valence-electron chi connectivity index (χ2n) is 9.28. The molecular formula is C26H30N4O3S. The van der Waals surface area contributed by atoms with E-state index in [1.54, 1.807) is 36.5 Å². The lowest BCUT2D eigenvalue weighted by Gasteiger charge is -2.40. The van der Waals surface area contributed by atoms with Crippen molar-refractivity contribution in [3.63, 3.8) is 0 Å². The maximum Gasteiger partial charge on any atom is 0.253 e. The summed E-state index contributed by atoms with van der Waals surface area (Å²) in [5.41, 5.74) is 1.27. The van der Waals surface area contributed by atoms with Crippen molar-refractivity contribution in [2.75, 3.05) is 37.4 Å². The minimum atomic E-state index is -1.48. The van der Waals surface area contributed by atoms with Gasteiger partial charge in [0, 0.05) is 42.5 Å². The highest BCUT2D eigenvalue weighted by Gasteiger charge is 2.36. The Morgan fingerprint density at radius 3 is 2.44 bits per heavy atom. The Balaban J connectivity index is 1.19. The van der Waals surface area contributed by atoms with Gasteiger partial charge in [0.2, 0.25) is 0 Å². The van der Waals surface area contributed by atoms with Crippen LogP contribution in [-0.2, 0) is 11.0 Å². The van der Waals surface area contributed by atoms with Gasteiger partial charge in [-0.1, -0.05) is 18.2 Å². The summed E-state index contributed by atoms with van der Waals surface area (Å²) >= 11 is 0. The molecule has 5 rings (SSSR count). The average molecular weight is 479 g/mol. The van der Waals surface area contributed by atoms with E-state index >= 15 is 0 Å². The predicted octanol–water partition coefficient (Wildman–Crippen LogP) is 3.43. The van der Waals surface area contributed by atoms with Gasteiger partial charge in [-0.25, -0.2) is 4.21 Å². The fourth-order valence-corrected chi connectivity index (χ4v) is 5.90. The van der Waals surface area contributed by atoms with E-state index in [1.165, 1.54) is 12.8 Å². The number of anilines is 1. The molecule has 2 aromatic carbocycles. The molecule has 8 heteroatoms. The van der Waals surface area contributed by atoms with Crippen LogP contribution in [0.1, 0.15) is 36.0 Å². The summed E-state index contributed by atoms with van der Waals surface area (Å²) in [6, 6.07) is 16.5. The Kier molecular flexibility index (Phi) is 6.63. The van der Waals surface area contributed by atoms with E-state index in [2.05, 4.69) is 14.6 Å². The van der Waals surface area contributed by atoms with Crippen LogP contribution >= 0.6 is 0 Å². The van der Waals surface area contributed by atoms with Gasteiger partial charge in [-0.05, 0) is 75.2 Å². The number of β-amino-alcohol motifs (C(OH)–C–C–N with tert-alkyl or cyclic N) is 1. The summed E-state index contributed by atoms with van der Waals surface area (Å²) < 4.78 is 15.9. The zero-order valence-electron chi connectivity index (χ0n) is 19.2. The van der Waals surface area contributed by atoms with Crippen LogP contribution < -0.4 is 4.72 Å². The second kappa shape index (κ2) is 9.82. The highest BCUT2D eigenvalue weighted by atomic mass is 32.2. The number of carbonyl (C=O) groups excluding carboxylic acids is 1. The molecule has 1 aromatic heterocycles. The molecule has 1 amide bonds. The van der Waals surface area contributed by atoms with E-state index in [1.807, 2.05) is 29.2 Å². The molecular weight excluding hydrogens is 448 g/mol. The number of pyridine rings is 1. The first kappa shape index (κ1) is 23.0. The third kappa shape index (κ3) is 4.99. The Morgan fingerprint density at radius 2 is 1.71 bits per heavy atom. The minimum Gasteiger partial charge on any atom is -0.388 e. The zero-order chi connectivity index (χ0) is 23.5. The van der Waals surface area contributed by atoms with Crippen LogP contribution in [0.3, 0.4) is 0 Å². The number of fused-ring (bicyclic) bond motifs is 1. The van der Waals surface area contributed by atoms with Crippen LogP contribution in [-0.4, -0.2) is 68.3 Å². The number of nitrogens with one attached hydrogen (secondary N) is 1. The van der Waals surface area contributed by atoms with E-state index < -0.39 is 16.6 Å². The molecule has 0 saturated carbocycles. The van der Waals surface area contributed by atoms with E-state index in [-0.39, 0.29) is 5.91 Å². The summed E-state index contributed by atoms with van der Waals surface area (Å²) in [6.07, 6.45) is 5.31. The standard InChI is InChI=1S/C26H30N4O3S/c31-25(30-17-12-26(32,13-18-30)19-29-15-1-2-16-29)21-8-10-22(11-9-21)28-34(33)23-7-3-5-20-6-4-14-27-24(20)23/h3-11,14,28,32H,1-2,12-13,15-19H2. The first-order chi connectivity index (χ1) is 16.5. The lowest BCUT2D eigenvalue weighted by atomic mass is 9.90. The smallest absolute Gasteiger partial charge is 0.253 e. The van der Waals surface area contributed by atoms with Crippen LogP contribution in [0.15, 0.2) is 65.7 Å². The molecule has 34 heavy (non-hydrogen) atoms. The maximum absolute atomic E-state index is 13.0. The van der Waals surface area contributed by atoms with E-state index in [0.29, 0.717) is 54.1 Å². The number of nitrogens with zero attached hydrogens (tertiary/aromatic N) is 3. The molecule has 0 aliphatic carbocycles. The molecule has 2 fully saturated rings. The number of carbonyl (C=O) groups is 1. The highest BCUT2D eigenvalue weighted by Crippen LogP contribution is 2.26. The quantitative estimate of drug-likeness (QED) is 0.567. The molecule has 0 spiro atoms. The molecule has 2 aliphatic heterocycles. The van der Waals surface area contributed by atoms with Crippen LogP contribution in [0.4, 0.5) is 5.69 Å². The van der Waals surface area contributed by atoms with Gasteiger partial charge < -0.3 is 19.6 Å². The fourth-order valence-electron chi connectivity index (χ4n) is 4.89. The normalized spacial score (nSPS) is 19.3. The molecule has 178 valence electrons. The molecule has 1 unspecified atom stereocenters. The average Bonchev–Trinajstić information content (AvgIpc) is 3.36. The number of amides is 1. The molecule has 1 atom stereocenters. The van der Waals surface area contributed by atoms with Gasteiger partial charge in [-0.3, -0.25) is 9.78 Å². The molecule has 2 saturated heterocycles. The minimum absolute atomic E-state index is 0.0332. The van der Waals surface area contributed by atoms with E-state index in [4.69, 9.17) is 0 Å². The van der Waals surface area contributed by atoms with Crippen LogP contribution in [0.25, 0.3) is 10.9 Å². The van der Waals surface area contributed by atoms with Crippen molar-refractivity contribution in [3.05, 3.63) is 66.4 Å². The molecule has 0 radical (unpaired) electrons. The summed E-state index contributed by atoms with van der Waals surface area (Å²) in [5.74, 6) is -0.0332. The van der Waals surface area contributed by atoms with Gasteiger partial charge in [0.15, 0.2) is 11.0 Å². The van der Waals surface area contributed by atoms with Crippen molar-refractivity contribution in [1.29, 1.82) is 0 Å². The Labute approximate surface area is 202 Å². The Hall–Kier alpha value is -2.81. The third-order valence-corrected chi connectivity index (χ3v) is 7.99. The summed E-state index contributed by atoms with van der Waals surface area (Å²) in [7, 11) is -1.48. The van der Waals surface area contributed by atoms with Crippen molar-refractivity contribution >= 4 is 33.5 Å². The lowest BCUT2D eigenvalue weighted by Crippen LogP contribution is -2.51. The predicted molar refractivity (Wildman–Crippen MR) is 134 cm³/mol. The molecule has 3 aromatic rings. The largest absolute Gasteiger partial charge is 0.388 e. The second-order valence-corrected chi connectivity index (χ2v) is 10.5. The van der Waals surface area contributed by atoms with Gasteiger partial charge in [0.05, 0.1) is 16.0 Å². The summed E-state index contributed by atoms with van der Waals surface area (Å²) in [5, 5.41) is 11.9. The van der Waals surface area contributed by atoms with Crippen molar-refractivity contribution in [1.82, 2.24) is 14.8 Å². The van der Waals surface area contributed by atoms with Gasteiger partial charge in [0.1, 0.15) is 0 Å². The maximum atomic E-state index is 13.0. The number of benzene rings is 2. The number of rotatable bonds is 6. The van der Waals surface area contributed by atoms with Crippen molar-refractivity contribution in [2.45, 2.75) is 36.2 Å². The van der Waals surface area contributed by atoms with Crippen molar-refractivity contribution in [3.8, 4) is 0 Å². The number of aliphatic hydroxyl groups is 1. The number of likely N-dealkylation sites (tertiary alicyclic amines) is 2. The number of hydrogen-bond donors (Lipinski definition) is 2. The topological polar surface area (TPSA) is 85.8 Å². The molecule has 2 N–H and O–H groups in total.